The number of carbonyl (C=O) groups excluding carboxylic acids is 2. The zero-order valence-electron chi connectivity index (χ0n) is 17.9. The molecule has 0 unspecified atom stereocenters. The molecule has 0 aromatic carbocycles. The van der Waals surface area contributed by atoms with E-state index in [4.69, 9.17) is 0 Å². The summed E-state index contributed by atoms with van der Waals surface area (Å²) in [5.41, 5.74) is 0.555. The fourth-order valence-electron chi connectivity index (χ4n) is 8.17. The van der Waals surface area contributed by atoms with Crippen LogP contribution in [0.1, 0.15) is 79.1 Å². The van der Waals surface area contributed by atoms with Crippen LogP contribution in [-0.4, -0.2) is 47.3 Å². The van der Waals surface area contributed by atoms with Crippen LogP contribution in [0.3, 0.4) is 0 Å². The smallest absolute Gasteiger partial charge is 0.222 e. The first-order valence-corrected chi connectivity index (χ1v) is 11.2. The van der Waals surface area contributed by atoms with E-state index in [1.165, 1.54) is 38.5 Å². The number of rotatable bonds is 3. The first kappa shape index (κ1) is 19.3. The van der Waals surface area contributed by atoms with E-state index in [0.29, 0.717) is 18.0 Å². The van der Waals surface area contributed by atoms with E-state index in [1.54, 1.807) is 0 Å². The maximum absolute atomic E-state index is 12.3. The van der Waals surface area contributed by atoms with Gasteiger partial charge in [-0.2, -0.15) is 0 Å². The molecule has 4 fully saturated rings. The molecule has 4 aliphatic rings. The Kier molecular flexibility index (Phi) is 4.63. The van der Waals surface area contributed by atoms with Crippen molar-refractivity contribution in [3.63, 3.8) is 0 Å². The van der Waals surface area contributed by atoms with Crippen LogP contribution in [0.5, 0.6) is 0 Å². The van der Waals surface area contributed by atoms with Gasteiger partial charge in [-0.25, -0.2) is 0 Å². The van der Waals surface area contributed by atoms with E-state index >= 15 is 0 Å². The molecule has 4 nitrogen and oxygen atoms in total. The normalized spacial score (nSPS) is 46.7. The average molecular weight is 375 g/mol. The van der Waals surface area contributed by atoms with Gasteiger partial charge in [0.25, 0.3) is 0 Å². The maximum atomic E-state index is 12.3. The topological polar surface area (TPSA) is 40.6 Å². The van der Waals surface area contributed by atoms with Crippen molar-refractivity contribution in [2.24, 2.45) is 28.6 Å². The summed E-state index contributed by atoms with van der Waals surface area (Å²) in [6, 6.07) is 1.12. The molecular formula is C23H38N2O2. The number of piperidine rings is 1. The molecule has 2 amide bonds. The molecule has 1 saturated heterocycles. The predicted octanol–water partition coefficient (Wildman–Crippen LogP) is 4.09. The molecule has 3 saturated carbocycles. The fourth-order valence-corrected chi connectivity index (χ4v) is 8.17. The summed E-state index contributed by atoms with van der Waals surface area (Å²) in [7, 11) is 2.04. The summed E-state index contributed by atoms with van der Waals surface area (Å²) in [6.07, 6.45) is 10.3. The molecule has 3 aliphatic carbocycles. The third-order valence-corrected chi connectivity index (χ3v) is 9.59. The molecule has 0 radical (unpaired) electrons. The molecule has 0 bridgehead atoms. The summed E-state index contributed by atoms with van der Waals surface area (Å²) in [6.45, 7) is 9.27. The number of carbonyl (C=O) groups is 2. The summed E-state index contributed by atoms with van der Waals surface area (Å²) < 4.78 is 0. The number of fused-ring (bicyclic) bond motifs is 5. The molecule has 1 aliphatic heterocycles. The van der Waals surface area contributed by atoms with Gasteiger partial charge in [-0.3, -0.25) is 9.59 Å². The first-order chi connectivity index (χ1) is 12.7. The second-order valence-corrected chi connectivity index (χ2v) is 10.8. The van der Waals surface area contributed by atoms with Crippen LogP contribution in [0.4, 0.5) is 0 Å². The Bertz CT molecular complexity index is 619. The number of likely N-dealkylation sites (tertiary alicyclic amines) is 1. The number of hydrogen-bond acceptors (Lipinski definition) is 2. The molecule has 27 heavy (non-hydrogen) atoms. The lowest BCUT2D eigenvalue weighted by Crippen LogP contribution is -2.62. The van der Waals surface area contributed by atoms with Gasteiger partial charge < -0.3 is 9.80 Å². The van der Waals surface area contributed by atoms with Crippen LogP contribution in [-0.2, 0) is 9.59 Å². The van der Waals surface area contributed by atoms with Crippen molar-refractivity contribution in [3.8, 4) is 0 Å². The highest BCUT2D eigenvalue weighted by Crippen LogP contribution is 2.65. The molecule has 7 atom stereocenters. The molecule has 0 aromatic heterocycles. The fraction of sp³-hybridized carbons (Fsp3) is 0.913. The van der Waals surface area contributed by atoms with Crippen LogP contribution in [0.25, 0.3) is 0 Å². The Balaban J connectivity index is 1.61. The summed E-state index contributed by atoms with van der Waals surface area (Å²) in [5.74, 6) is 2.60. The van der Waals surface area contributed by atoms with Crippen molar-refractivity contribution in [1.82, 2.24) is 9.80 Å². The molecule has 4 rings (SSSR count). The van der Waals surface area contributed by atoms with E-state index in [9.17, 15) is 9.59 Å². The van der Waals surface area contributed by atoms with Gasteiger partial charge in [0, 0.05) is 31.6 Å². The number of hydrogen-bond donors (Lipinski definition) is 0. The Morgan fingerprint density at radius 1 is 1.04 bits per heavy atom. The highest BCUT2D eigenvalue weighted by molar-refractivity contribution is 5.77. The number of amides is 2. The molecule has 152 valence electrons. The maximum Gasteiger partial charge on any atom is 0.222 e. The summed E-state index contributed by atoms with van der Waals surface area (Å²) in [4.78, 5) is 28.3. The van der Waals surface area contributed by atoms with Crippen LogP contribution in [0, 0.1) is 28.6 Å². The zero-order valence-corrected chi connectivity index (χ0v) is 17.9. The van der Waals surface area contributed by atoms with E-state index in [0.717, 1.165) is 37.0 Å². The highest BCUT2D eigenvalue weighted by Gasteiger charge is 2.61. The van der Waals surface area contributed by atoms with E-state index < -0.39 is 0 Å². The van der Waals surface area contributed by atoms with Crippen molar-refractivity contribution in [1.29, 1.82) is 0 Å². The van der Waals surface area contributed by atoms with Crippen molar-refractivity contribution >= 4 is 12.3 Å². The first-order valence-electron chi connectivity index (χ1n) is 11.2. The van der Waals surface area contributed by atoms with Crippen molar-refractivity contribution in [2.45, 2.75) is 97.2 Å². The highest BCUT2D eigenvalue weighted by atomic mass is 16.2. The molecule has 1 heterocycles. The van der Waals surface area contributed by atoms with Crippen molar-refractivity contribution in [3.05, 3.63) is 0 Å². The third-order valence-electron chi connectivity index (χ3n) is 9.59. The van der Waals surface area contributed by atoms with E-state index in [-0.39, 0.29) is 16.9 Å². The van der Waals surface area contributed by atoms with Gasteiger partial charge in [0.15, 0.2) is 0 Å². The Morgan fingerprint density at radius 3 is 2.41 bits per heavy atom. The third kappa shape index (κ3) is 2.61. The van der Waals surface area contributed by atoms with Gasteiger partial charge in [-0.05, 0) is 87.4 Å². The van der Waals surface area contributed by atoms with E-state index in [1.807, 2.05) is 7.05 Å². The Labute approximate surface area is 165 Å². The Morgan fingerprint density at radius 2 is 1.74 bits per heavy atom. The molecule has 0 N–H and O–H groups in total. The van der Waals surface area contributed by atoms with Crippen LogP contribution in [0.15, 0.2) is 0 Å². The number of nitrogens with zero attached hydrogens (tertiary/aromatic N) is 2. The lowest BCUT2D eigenvalue weighted by molar-refractivity contribution is -0.159. The lowest BCUT2D eigenvalue weighted by Gasteiger charge is -2.62. The van der Waals surface area contributed by atoms with Gasteiger partial charge in [0.1, 0.15) is 0 Å². The second-order valence-electron chi connectivity index (χ2n) is 10.8. The van der Waals surface area contributed by atoms with Gasteiger partial charge in [-0.1, -0.05) is 13.8 Å². The van der Waals surface area contributed by atoms with Gasteiger partial charge in [0.2, 0.25) is 12.3 Å². The second kappa shape index (κ2) is 6.49. The van der Waals surface area contributed by atoms with E-state index in [2.05, 4.69) is 37.5 Å². The molecule has 4 heteroatoms. The van der Waals surface area contributed by atoms with Crippen LogP contribution < -0.4 is 0 Å². The van der Waals surface area contributed by atoms with Gasteiger partial charge in [-0.15, -0.1) is 0 Å². The monoisotopic (exact) mass is 374 g/mol. The standard InChI is InChI=1S/C23H38N2O2/c1-15(2)25(14-26)20-9-7-17-16-6-8-19-22(3,13-11-21(27)24(19)5)18(16)10-12-23(17,20)4/h14-20H,6-13H2,1-5H3/t16-,17-,18-,19+,20-,22+,23-/m0/s1. The van der Waals surface area contributed by atoms with Crippen LogP contribution in [0.2, 0.25) is 0 Å². The van der Waals surface area contributed by atoms with Crippen molar-refractivity contribution < 1.29 is 9.59 Å². The van der Waals surface area contributed by atoms with Crippen LogP contribution >= 0.6 is 0 Å². The summed E-state index contributed by atoms with van der Waals surface area (Å²) >= 11 is 0. The molecular weight excluding hydrogens is 336 g/mol. The predicted molar refractivity (Wildman–Crippen MR) is 107 cm³/mol. The minimum Gasteiger partial charge on any atom is -0.342 e. The van der Waals surface area contributed by atoms with Gasteiger partial charge in [0.05, 0.1) is 0 Å². The minimum atomic E-state index is 0.270. The average Bonchev–Trinajstić information content (AvgIpc) is 2.96. The SMILES string of the molecule is CC(C)N(C=O)[C@H]1CC[C@H]2[C@@H]3CC[C@H]4N(C)C(=O)CC[C@]4(C)[C@H]3CC[C@]12C. The molecule has 0 aromatic rings. The van der Waals surface area contributed by atoms with Gasteiger partial charge >= 0.3 is 0 Å². The zero-order chi connectivity index (χ0) is 19.6. The minimum absolute atomic E-state index is 0.270. The van der Waals surface area contributed by atoms with Crippen molar-refractivity contribution in [2.75, 3.05) is 7.05 Å². The largest absolute Gasteiger partial charge is 0.342 e. The summed E-state index contributed by atoms with van der Waals surface area (Å²) in [5, 5.41) is 0. The quantitative estimate of drug-likeness (QED) is 0.698. The Hall–Kier alpha value is -1.06. The molecule has 0 spiro atoms. The lowest BCUT2D eigenvalue weighted by atomic mass is 9.47.